The molecule has 1 N–H and O–H groups in total. The van der Waals surface area contributed by atoms with E-state index >= 15 is 0 Å². The number of anilines is 2. The third-order valence-corrected chi connectivity index (χ3v) is 6.99. The van der Waals surface area contributed by atoms with Crippen LogP contribution in [0.3, 0.4) is 0 Å². The molecule has 9 heteroatoms. The highest BCUT2D eigenvalue weighted by Gasteiger charge is 2.33. The van der Waals surface area contributed by atoms with E-state index in [-0.39, 0.29) is 18.4 Å². The van der Waals surface area contributed by atoms with Crippen molar-refractivity contribution in [2.75, 3.05) is 30.5 Å². The number of carbonyl (C=O) groups excluding carboxylic acids is 2. The summed E-state index contributed by atoms with van der Waals surface area (Å²) >= 11 is 6.74. The molecule has 0 radical (unpaired) electrons. The average Bonchev–Trinajstić information content (AvgIpc) is 3.21. The maximum absolute atomic E-state index is 13.1. The van der Waals surface area contributed by atoms with E-state index in [0.717, 1.165) is 23.4 Å². The van der Waals surface area contributed by atoms with E-state index in [4.69, 9.17) is 26.4 Å². The van der Waals surface area contributed by atoms with Crippen molar-refractivity contribution in [1.82, 2.24) is 0 Å². The van der Waals surface area contributed by atoms with Gasteiger partial charge in [-0.2, -0.15) is 0 Å². The third-order valence-electron chi connectivity index (χ3n) is 5.69. The second-order valence-electron chi connectivity index (χ2n) is 8.24. The standard InChI is InChI=1S/C29H28N2O5S2/c1-4-19-6-11-22(12-7-19)31-28(33)26(38-29(31)37)17-20-8-15-24(25(16-20)34-3)36-18-27(32)30-21-9-13-23(14-10-21)35-5-2/h6-17H,4-5,18H2,1-3H3,(H,30,32)/b26-17-. The number of ether oxygens (including phenoxy) is 3. The Morgan fingerprint density at radius 1 is 1.00 bits per heavy atom. The van der Waals surface area contributed by atoms with Crippen LogP contribution in [0.1, 0.15) is 25.0 Å². The molecule has 38 heavy (non-hydrogen) atoms. The van der Waals surface area contributed by atoms with Crippen molar-refractivity contribution >= 4 is 57.6 Å². The molecule has 0 unspecified atom stereocenters. The summed E-state index contributed by atoms with van der Waals surface area (Å²) in [7, 11) is 1.52. The molecule has 0 saturated carbocycles. The quantitative estimate of drug-likeness (QED) is 0.243. The van der Waals surface area contributed by atoms with Crippen molar-refractivity contribution in [3.8, 4) is 17.2 Å². The lowest BCUT2D eigenvalue weighted by Gasteiger charge is -2.14. The van der Waals surface area contributed by atoms with Crippen LogP contribution in [0.2, 0.25) is 0 Å². The van der Waals surface area contributed by atoms with E-state index in [9.17, 15) is 9.59 Å². The molecule has 3 aromatic carbocycles. The van der Waals surface area contributed by atoms with Crippen molar-refractivity contribution in [1.29, 1.82) is 0 Å². The monoisotopic (exact) mass is 548 g/mol. The molecule has 0 spiro atoms. The molecule has 4 rings (SSSR count). The summed E-state index contributed by atoms with van der Waals surface area (Å²) in [6.07, 6.45) is 2.69. The topological polar surface area (TPSA) is 77.1 Å². The Balaban J connectivity index is 1.41. The van der Waals surface area contributed by atoms with Crippen LogP contribution in [-0.2, 0) is 16.0 Å². The molecule has 0 aromatic heterocycles. The van der Waals surface area contributed by atoms with Crippen LogP contribution in [0.15, 0.2) is 71.6 Å². The SMILES string of the molecule is CCOc1ccc(NC(=O)COc2ccc(/C=C3\SC(=S)N(c4ccc(CC)cc4)C3=O)cc2OC)cc1. The molecule has 1 aliphatic rings. The highest BCUT2D eigenvalue weighted by Crippen LogP contribution is 2.37. The van der Waals surface area contributed by atoms with Crippen molar-refractivity contribution in [3.05, 3.63) is 82.8 Å². The largest absolute Gasteiger partial charge is 0.494 e. The normalized spacial score (nSPS) is 14.1. The Kier molecular flexibility index (Phi) is 9.04. The second kappa shape index (κ2) is 12.6. The fraction of sp³-hybridized carbons (Fsp3) is 0.207. The Labute approximate surface area is 231 Å². The first kappa shape index (κ1) is 27.2. The summed E-state index contributed by atoms with van der Waals surface area (Å²) in [5.74, 6) is 1.11. The third kappa shape index (κ3) is 6.54. The van der Waals surface area contributed by atoms with Gasteiger partial charge in [0.1, 0.15) is 5.75 Å². The van der Waals surface area contributed by atoms with Crippen LogP contribution in [-0.4, -0.2) is 36.5 Å². The molecule has 0 atom stereocenters. The van der Waals surface area contributed by atoms with E-state index in [1.165, 1.54) is 24.4 Å². The molecular weight excluding hydrogens is 520 g/mol. The molecule has 2 amide bonds. The van der Waals surface area contributed by atoms with Gasteiger partial charge in [0, 0.05) is 5.69 Å². The molecular formula is C29H28N2O5S2. The van der Waals surface area contributed by atoms with E-state index < -0.39 is 0 Å². The zero-order valence-electron chi connectivity index (χ0n) is 21.4. The molecule has 1 aliphatic heterocycles. The van der Waals surface area contributed by atoms with Gasteiger partial charge in [-0.25, -0.2) is 0 Å². The number of benzene rings is 3. The Hall–Kier alpha value is -3.82. The maximum Gasteiger partial charge on any atom is 0.270 e. The van der Waals surface area contributed by atoms with Crippen molar-refractivity contribution < 1.29 is 23.8 Å². The van der Waals surface area contributed by atoms with Crippen LogP contribution in [0.5, 0.6) is 17.2 Å². The predicted molar refractivity (Wildman–Crippen MR) is 156 cm³/mol. The fourth-order valence-corrected chi connectivity index (χ4v) is 5.06. The Morgan fingerprint density at radius 3 is 2.39 bits per heavy atom. The van der Waals surface area contributed by atoms with Gasteiger partial charge in [0.15, 0.2) is 22.4 Å². The van der Waals surface area contributed by atoms with Gasteiger partial charge < -0.3 is 19.5 Å². The van der Waals surface area contributed by atoms with Gasteiger partial charge >= 0.3 is 0 Å². The minimum absolute atomic E-state index is 0.172. The number of hydrogen-bond donors (Lipinski definition) is 1. The van der Waals surface area contributed by atoms with Crippen molar-refractivity contribution in [2.24, 2.45) is 0 Å². The molecule has 196 valence electrons. The molecule has 0 bridgehead atoms. The van der Waals surface area contributed by atoms with Crippen molar-refractivity contribution in [2.45, 2.75) is 20.3 Å². The Morgan fingerprint density at radius 2 is 1.74 bits per heavy atom. The number of thiocarbonyl (C=S) groups is 1. The molecule has 0 aliphatic carbocycles. The summed E-state index contributed by atoms with van der Waals surface area (Å²) in [4.78, 5) is 27.5. The van der Waals surface area contributed by atoms with Gasteiger partial charge in [-0.15, -0.1) is 0 Å². The highest BCUT2D eigenvalue weighted by molar-refractivity contribution is 8.27. The molecule has 3 aromatic rings. The number of nitrogens with one attached hydrogen (secondary N) is 1. The highest BCUT2D eigenvalue weighted by atomic mass is 32.2. The van der Waals surface area contributed by atoms with Crippen LogP contribution < -0.4 is 24.4 Å². The number of methoxy groups -OCH3 is 1. The maximum atomic E-state index is 13.1. The average molecular weight is 549 g/mol. The lowest BCUT2D eigenvalue weighted by molar-refractivity contribution is -0.118. The van der Waals surface area contributed by atoms with E-state index in [2.05, 4.69) is 12.2 Å². The second-order valence-corrected chi connectivity index (χ2v) is 9.92. The lowest BCUT2D eigenvalue weighted by atomic mass is 10.1. The first-order valence-electron chi connectivity index (χ1n) is 12.1. The van der Waals surface area contributed by atoms with Crippen LogP contribution in [0, 0.1) is 0 Å². The number of amides is 2. The minimum Gasteiger partial charge on any atom is -0.494 e. The van der Waals surface area contributed by atoms with Crippen LogP contribution >= 0.6 is 24.0 Å². The summed E-state index contributed by atoms with van der Waals surface area (Å²) < 4.78 is 17.1. The smallest absolute Gasteiger partial charge is 0.270 e. The number of nitrogens with zero attached hydrogens (tertiary/aromatic N) is 1. The van der Waals surface area contributed by atoms with Gasteiger partial charge in [0.2, 0.25) is 0 Å². The molecule has 1 fully saturated rings. The number of thioether (sulfide) groups is 1. The summed E-state index contributed by atoms with van der Waals surface area (Å²) in [5.41, 5.74) is 3.33. The first-order chi connectivity index (χ1) is 18.4. The minimum atomic E-state index is -0.309. The number of aryl methyl sites for hydroxylation is 1. The van der Waals surface area contributed by atoms with E-state index in [1.54, 1.807) is 53.4 Å². The summed E-state index contributed by atoms with van der Waals surface area (Å²) in [6, 6.07) is 20.2. The summed E-state index contributed by atoms with van der Waals surface area (Å²) in [5, 5.41) is 2.78. The molecule has 1 saturated heterocycles. The fourth-order valence-electron chi connectivity index (χ4n) is 3.76. The van der Waals surface area contributed by atoms with Crippen LogP contribution in [0.4, 0.5) is 11.4 Å². The van der Waals surface area contributed by atoms with E-state index in [0.29, 0.717) is 33.0 Å². The molecule has 1 heterocycles. The van der Waals surface area contributed by atoms with Gasteiger partial charge in [0.05, 0.1) is 24.3 Å². The first-order valence-corrected chi connectivity index (χ1v) is 13.3. The van der Waals surface area contributed by atoms with Gasteiger partial charge in [-0.1, -0.05) is 49.1 Å². The number of rotatable bonds is 10. The van der Waals surface area contributed by atoms with Crippen LogP contribution in [0.25, 0.3) is 6.08 Å². The Bertz CT molecular complexity index is 1350. The zero-order chi connectivity index (χ0) is 27.1. The number of carbonyl (C=O) groups is 2. The predicted octanol–water partition coefficient (Wildman–Crippen LogP) is 6.08. The van der Waals surface area contributed by atoms with Gasteiger partial charge in [-0.3, -0.25) is 14.5 Å². The van der Waals surface area contributed by atoms with Crippen molar-refractivity contribution in [3.63, 3.8) is 0 Å². The van der Waals surface area contributed by atoms with Gasteiger partial charge in [0.25, 0.3) is 11.8 Å². The number of hydrogen-bond acceptors (Lipinski definition) is 7. The molecule has 7 nitrogen and oxygen atoms in total. The summed E-state index contributed by atoms with van der Waals surface area (Å²) in [6.45, 7) is 4.37. The van der Waals surface area contributed by atoms with E-state index in [1.807, 2.05) is 31.2 Å². The zero-order valence-corrected chi connectivity index (χ0v) is 23.0. The van der Waals surface area contributed by atoms with Gasteiger partial charge in [-0.05, 0) is 79.1 Å². The lowest BCUT2D eigenvalue weighted by Crippen LogP contribution is -2.27.